The molecule has 0 unspecified atom stereocenters. The van der Waals surface area contributed by atoms with Gasteiger partial charge in [0, 0.05) is 18.0 Å². The summed E-state index contributed by atoms with van der Waals surface area (Å²) in [5.41, 5.74) is 2.80. The fourth-order valence-corrected chi connectivity index (χ4v) is 2.34. The van der Waals surface area contributed by atoms with E-state index in [1.807, 2.05) is 36.4 Å². The Kier molecular flexibility index (Phi) is 6.00. The van der Waals surface area contributed by atoms with Gasteiger partial charge >= 0.3 is 0 Å². The SMILES string of the molecule is N#Cc1ccc(CCC(=O)NCCc2cccc(Cl)c2)cc1. The maximum absolute atomic E-state index is 11.8. The highest BCUT2D eigenvalue weighted by Crippen LogP contribution is 2.10. The van der Waals surface area contributed by atoms with Crippen LogP contribution in [0.1, 0.15) is 23.1 Å². The zero-order chi connectivity index (χ0) is 15.8. The first-order chi connectivity index (χ1) is 10.7. The Balaban J connectivity index is 1.70. The zero-order valence-electron chi connectivity index (χ0n) is 12.2. The Labute approximate surface area is 135 Å². The van der Waals surface area contributed by atoms with E-state index in [-0.39, 0.29) is 5.91 Å². The van der Waals surface area contributed by atoms with E-state index in [1.165, 1.54) is 0 Å². The quantitative estimate of drug-likeness (QED) is 0.887. The van der Waals surface area contributed by atoms with Crippen LogP contribution in [0.3, 0.4) is 0 Å². The van der Waals surface area contributed by atoms with Crippen molar-refractivity contribution >= 4 is 17.5 Å². The van der Waals surface area contributed by atoms with Crippen molar-refractivity contribution in [1.82, 2.24) is 5.32 Å². The third kappa shape index (κ3) is 5.23. The van der Waals surface area contributed by atoms with E-state index in [0.717, 1.165) is 17.5 Å². The average Bonchev–Trinajstić information content (AvgIpc) is 2.53. The van der Waals surface area contributed by atoms with Gasteiger partial charge in [-0.05, 0) is 48.2 Å². The number of carbonyl (C=O) groups excluding carboxylic acids is 1. The smallest absolute Gasteiger partial charge is 0.220 e. The summed E-state index contributed by atoms with van der Waals surface area (Å²) in [5, 5.41) is 12.4. The largest absolute Gasteiger partial charge is 0.356 e. The number of benzene rings is 2. The van der Waals surface area contributed by atoms with E-state index >= 15 is 0 Å². The van der Waals surface area contributed by atoms with Gasteiger partial charge in [0.05, 0.1) is 11.6 Å². The lowest BCUT2D eigenvalue weighted by atomic mass is 10.1. The van der Waals surface area contributed by atoms with E-state index in [9.17, 15) is 4.79 Å². The van der Waals surface area contributed by atoms with Crippen LogP contribution in [0.2, 0.25) is 5.02 Å². The van der Waals surface area contributed by atoms with Gasteiger partial charge in [-0.15, -0.1) is 0 Å². The Morgan fingerprint density at radius 1 is 1.09 bits per heavy atom. The molecule has 0 bridgehead atoms. The van der Waals surface area contributed by atoms with Crippen LogP contribution < -0.4 is 5.32 Å². The van der Waals surface area contributed by atoms with Gasteiger partial charge in [-0.2, -0.15) is 5.26 Å². The van der Waals surface area contributed by atoms with Gasteiger partial charge in [0.15, 0.2) is 0 Å². The second-order valence-corrected chi connectivity index (χ2v) is 5.48. The van der Waals surface area contributed by atoms with Crippen LogP contribution in [0.4, 0.5) is 0 Å². The minimum absolute atomic E-state index is 0.0337. The number of hydrogen-bond acceptors (Lipinski definition) is 2. The van der Waals surface area contributed by atoms with Crippen molar-refractivity contribution in [3.05, 3.63) is 70.2 Å². The standard InChI is InChI=1S/C18H17ClN2O/c19-17-3-1-2-15(12-17)10-11-21-18(22)9-8-14-4-6-16(13-20)7-5-14/h1-7,12H,8-11H2,(H,21,22). The molecule has 22 heavy (non-hydrogen) atoms. The predicted octanol–water partition coefficient (Wildman–Crippen LogP) is 3.50. The zero-order valence-corrected chi connectivity index (χ0v) is 12.9. The van der Waals surface area contributed by atoms with E-state index in [2.05, 4.69) is 11.4 Å². The van der Waals surface area contributed by atoms with E-state index in [1.54, 1.807) is 12.1 Å². The van der Waals surface area contributed by atoms with Crippen molar-refractivity contribution in [3.8, 4) is 6.07 Å². The van der Waals surface area contributed by atoms with Crippen LogP contribution in [-0.2, 0) is 17.6 Å². The maximum atomic E-state index is 11.8. The van der Waals surface area contributed by atoms with Crippen molar-refractivity contribution in [2.75, 3.05) is 6.54 Å². The molecule has 0 aromatic heterocycles. The fraction of sp³-hybridized carbons (Fsp3) is 0.222. The molecule has 0 atom stereocenters. The number of nitrogens with one attached hydrogen (secondary N) is 1. The number of hydrogen-bond donors (Lipinski definition) is 1. The fourth-order valence-electron chi connectivity index (χ4n) is 2.13. The van der Waals surface area contributed by atoms with E-state index in [4.69, 9.17) is 16.9 Å². The van der Waals surface area contributed by atoms with Gasteiger partial charge in [-0.1, -0.05) is 35.9 Å². The molecule has 0 spiro atoms. The van der Waals surface area contributed by atoms with Crippen LogP contribution >= 0.6 is 11.6 Å². The number of nitrogens with zero attached hydrogens (tertiary/aromatic N) is 1. The highest BCUT2D eigenvalue weighted by atomic mass is 35.5. The number of aryl methyl sites for hydroxylation is 1. The lowest BCUT2D eigenvalue weighted by molar-refractivity contribution is -0.121. The lowest BCUT2D eigenvalue weighted by Gasteiger charge is -2.06. The molecule has 1 amide bonds. The van der Waals surface area contributed by atoms with Gasteiger partial charge in [-0.3, -0.25) is 4.79 Å². The van der Waals surface area contributed by atoms with Crippen molar-refractivity contribution in [2.24, 2.45) is 0 Å². The van der Waals surface area contributed by atoms with Crippen molar-refractivity contribution in [3.63, 3.8) is 0 Å². The first-order valence-electron chi connectivity index (χ1n) is 7.17. The molecule has 0 fully saturated rings. The van der Waals surface area contributed by atoms with Crippen molar-refractivity contribution < 1.29 is 4.79 Å². The second-order valence-electron chi connectivity index (χ2n) is 5.04. The topological polar surface area (TPSA) is 52.9 Å². The third-order valence-corrected chi connectivity index (χ3v) is 3.58. The molecule has 2 aromatic rings. The van der Waals surface area contributed by atoms with Crippen molar-refractivity contribution in [2.45, 2.75) is 19.3 Å². The summed E-state index contributed by atoms with van der Waals surface area (Å²) in [6.45, 7) is 0.604. The number of rotatable bonds is 6. The summed E-state index contributed by atoms with van der Waals surface area (Å²) in [5.74, 6) is 0.0337. The molecule has 0 radical (unpaired) electrons. The summed E-state index contributed by atoms with van der Waals surface area (Å²) in [6.07, 6.45) is 1.89. The average molecular weight is 313 g/mol. The van der Waals surface area contributed by atoms with E-state index < -0.39 is 0 Å². The molecule has 0 aliphatic heterocycles. The number of carbonyl (C=O) groups is 1. The molecule has 112 valence electrons. The molecule has 0 saturated heterocycles. The van der Waals surface area contributed by atoms with Crippen LogP contribution in [0, 0.1) is 11.3 Å². The molecule has 0 aliphatic carbocycles. The number of amides is 1. The summed E-state index contributed by atoms with van der Waals surface area (Å²) in [4.78, 5) is 11.8. The summed E-state index contributed by atoms with van der Waals surface area (Å²) in [7, 11) is 0. The second kappa shape index (κ2) is 8.21. The van der Waals surface area contributed by atoms with Crippen molar-refractivity contribution in [1.29, 1.82) is 5.26 Å². The minimum Gasteiger partial charge on any atom is -0.356 e. The summed E-state index contributed by atoms with van der Waals surface area (Å²) >= 11 is 5.92. The van der Waals surface area contributed by atoms with Gasteiger partial charge in [0.25, 0.3) is 0 Å². The Hall–Kier alpha value is -2.31. The van der Waals surface area contributed by atoms with Crippen LogP contribution in [-0.4, -0.2) is 12.5 Å². The summed E-state index contributed by atoms with van der Waals surface area (Å²) < 4.78 is 0. The molecule has 0 heterocycles. The molecule has 3 nitrogen and oxygen atoms in total. The van der Waals surface area contributed by atoms with Crippen LogP contribution in [0.5, 0.6) is 0 Å². The molecular weight excluding hydrogens is 296 g/mol. The molecule has 2 rings (SSSR count). The first kappa shape index (κ1) is 16.1. The summed E-state index contributed by atoms with van der Waals surface area (Å²) in [6, 6.07) is 17.0. The molecular formula is C18H17ClN2O. The highest BCUT2D eigenvalue weighted by molar-refractivity contribution is 6.30. The Bertz CT molecular complexity index is 674. The molecule has 1 N–H and O–H groups in total. The minimum atomic E-state index is 0.0337. The molecule has 0 saturated carbocycles. The van der Waals surface area contributed by atoms with Crippen LogP contribution in [0.25, 0.3) is 0 Å². The van der Waals surface area contributed by atoms with Gasteiger partial charge < -0.3 is 5.32 Å². The number of nitriles is 1. The monoisotopic (exact) mass is 312 g/mol. The molecule has 4 heteroatoms. The highest BCUT2D eigenvalue weighted by Gasteiger charge is 2.03. The van der Waals surface area contributed by atoms with Gasteiger partial charge in [-0.25, -0.2) is 0 Å². The van der Waals surface area contributed by atoms with Gasteiger partial charge in [0.2, 0.25) is 5.91 Å². The van der Waals surface area contributed by atoms with E-state index in [0.29, 0.717) is 30.0 Å². The molecule has 2 aromatic carbocycles. The Morgan fingerprint density at radius 3 is 2.55 bits per heavy atom. The van der Waals surface area contributed by atoms with Crippen LogP contribution in [0.15, 0.2) is 48.5 Å². The molecule has 0 aliphatic rings. The third-order valence-electron chi connectivity index (χ3n) is 3.35. The normalized spacial score (nSPS) is 10.0. The first-order valence-corrected chi connectivity index (χ1v) is 7.55. The van der Waals surface area contributed by atoms with Gasteiger partial charge in [0.1, 0.15) is 0 Å². The Morgan fingerprint density at radius 2 is 1.86 bits per heavy atom. The predicted molar refractivity (Wildman–Crippen MR) is 87.6 cm³/mol. The maximum Gasteiger partial charge on any atom is 0.220 e. The lowest BCUT2D eigenvalue weighted by Crippen LogP contribution is -2.25. The number of halogens is 1.